The molecule has 4 heterocycles. The zero-order valence-corrected chi connectivity index (χ0v) is 27.5. The Kier molecular flexibility index (Phi) is 9.03. The zero-order chi connectivity index (χ0) is 32.7. The van der Waals surface area contributed by atoms with Crippen LogP contribution in [0.25, 0.3) is 34.1 Å². The van der Waals surface area contributed by atoms with E-state index in [0.29, 0.717) is 41.2 Å². The van der Waals surface area contributed by atoms with E-state index in [4.69, 9.17) is 16.6 Å². The summed E-state index contributed by atoms with van der Waals surface area (Å²) in [7, 11) is 3.87. The Hall–Kier alpha value is -4.24. The molecule has 12 heteroatoms. The van der Waals surface area contributed by atoms with Crippen LogP contribution in [0.4, 0.5) is 10.2 Å². The van der Waals surface area contributed by atoms with Crippen LogP contribution < -0.4 is 10.6 Å². The Balaban J connectivity index is 1.88. The highest BCUT2D eigenvalue weighted by atomic mass is 35.5. The Morgan fingerprint density at radius 2 is 1.84 bits per heavy atom. The predicted molar refractivity (Wildman–Crippen MR) is 185 cm³/mol. The number of nitrogens with zero attached hydrogens (tertiary/aromatic N) is 6. The number of aromatic nitrogens is 4. The average molecular weight is 625 g/mol. The van der Waals surface area contributed by atoms with Crippen LogP contribution in [-0.2, 0) is 4.79 Å². The second kappa shape index (κ2) is 12.6. The summed E-state index contributed by atoms with van der Waals surface area (Å²) in [4.78, 5) is 44.8. The van der Waals surface area contributed by atoms with Gasteiger partial charge in [-0.15, -0.1) is 5.37 Å². The molecule has 230 valence electrons. The smallest absolute Gasteiger partial charge is 0.347 e. The molecular weight excluding hydrogens is 588 g/mol. The number of anilines is 1. The second-order valence-corrected chi connectivity index (χ2v) is 12.6. The summed E-state index contributed by atoms with van der Waals surface area (Å²) >= 11 is 6.98. The molecule has 4 aromatic rings. The van der Waals surface area contributed by atoms with Crippen LogP contribution in [0, 0.1) is 12.7 Å². The number of carbonyl (C=O) groups excluding carboxylic acids is 1. The van der Waals surface area contributed by atoms with Crippen molar-refractivity contribution in [2.24, 2.45) is 0 Å². The minimum atomic E-state index is -0.543. The lowest BCUT2D eigenvalue weighted by atomic mass is 9.77. The number of fused-ring (bicyclic) bond motifs is 1. The van der Waals surface area contributed by atoms with E-state index in [2.05, 4.69) is 16.5 Å². The van der Waals surface area contributed by atoms with Crippen LogP contribution in [-0.4, -0.2) is 71.2 Å². The standard InChI is InChI=1S/C33H36B2ClFN6O2/c1-7-26(44)41-15-19(5)42(20(6)16-41)32-22-14-23(36)29(27-21(13-25(34)35)9-8-10-24(27)37)39-31(22)43(33(45)40-32)30-18(4)11-12-38-28(30)17(2)3/h7-14,17,19-20H,1,15-16,34-35H2,2-6H3/t19-,20-/m0/s1. The molecule has 0 unspecified atom stereocenters. The van der Waals surface area contributed by atoms with Crippen LogP contribution in [0.3, 0.4) is 0 Å². The molecule has 1 aliphatic heterocycles. The fourth-order valence-electron chi connectivity index (χ4n) is 6.24. The summed E-state index contributed by atoms with van der Waals surface area (Å²) in [5.74, 6) is -0.239. The van der Waals surface area contributed by atoms with E-state index in [9.17, 15) is 9.59 Å². The summed E-state index contributed by atoms with van der Waals surface area (Å²) in [6.45, 7) is 14.4. The number of benzene rings is 1. The summed E-state index contributed by atoms with van der Waals surface area (Å²) < 4.78 is 17.1. The maximum atomic E-state index is 15.6. The molecule has 2 atom stereocenters. The molecule has 0 radical (unpaired) electrons. The van der Waals surface area contributed by atoms with Gasteiger partial charge in [0.05, 0.1) is 27.5 Å². The molecule has 1 saturated heterocycles. The van der Waals surface area contributed by atoms with Gasteiger partial charge in [0.25, 0.3) is 0 Å². The van der Waals surface area contributed by atoms with Gasteiger partial charge in [0.15, 0.2) is 5.65 Å². The van der Waals surface area contributed by atoms with E-state index in [1.165, 1.54) is 16.7 Å². The molecule has 0 aliphatic carbocycles. The van der Waals surface area contributed by atoms with Crippen LogP contribution in [0.1, 0.15) is 50.4 Å². The van der Waals surface area contributed by atoms with Crippen molar-refractivity contribution in [1.29, 1.82) is 0 Å². The summed E-state index contributed by atoms with van der Waals surface area (Å²) in [5.41, 5.74) is 2.94. The third-order valence-electron chi connectivity index (χ3n) is 8.10. The van der Waals surface area contributed by atoms with E-state index < -0.39 is 11.5 Å². The van der Waals surface area contributed by atoms with Crippen molar-refractivity contribution in [2.45, 2.75) is 52.6 Å². The number of piperazine rings is 1. The predicted octanol–water partition coefficient (Wildman–Crippen LogP) is 4.24. The maximum Gasteiger partial charge on any atom is 0.355 e. The number of aryl methyl sites for hydroxylation is 1. The summed E-state index contributed by atoms with van der Waals surface area (Å²) in [6, 6.07) is 8.02. The number of hydrogen-bond donors (Lipinski definition) is 0. The highest BCUT2D eigenvalue weighted by molar-refractivity contribution is 6.50. The number of carbonyl (C=O) groups is 1. The van der Waals surface area contributed by atoms with Gasteiger partial charge in [-0.25, -0.2) is 18.7 Å². The molecule has 0 saturated carbocycles. The monoisotopic (exact) mass is 624 g/mol. The molecule has 0 N–H and O–H groups in total. The largest absolute Gasteiger partial charge is 0.355 e. The third kappa shape index (κ3) is 5.93. The van der Waals surface area contributed by atoms with Gasteiger partial charge in [-0.3, -0.25) is 9.78 Å². The molecule has 8 nitrogen and oxygen atoms in total. The number of rotatable bonds is 6. The SMILES string of the molecule is BC(B)=Cc1cccc(F)c1-c1nc2c(cc1Cl)c(N1[C@@H](C)CN(C(=O)C=C)C[C@@H]1C)nc(=O)n2-c1c(C)ccnc1C(C)C. The minimum Gasteiger partial charge on any atom is -0.347 e. The van der Waals surface area contributed by atoms with Crippen molar-refractivity contribution in [1.82, 2.24) is 24.4 Å². The first-order chi connectivity index (χ1) is 21.3. The Bertz CT molecular complexity index is 1910. The van der Waals surface area contributed by atoms with E-state index in [0.717, 1.165) is 10.9 Å². The molecule has 1 aromatic carbocycles. The molecule has 3 aromatic heterocycles. The lowest BCUT2D eigenvalue weighted by Crippen LogP contribution is -2.58. The van der Waals surface area contributed by atoms with Gasteiger partial charge in [0.2, 0.25) is 5.91 Å². The van der Waals surface area contributed by atoms with Gasteiger partial charge in [-0.1, -0.05) is 50.2 Å². The Labute approximate surface area is 269 Å². The number of amides is 1. The Morgan fingerprint density at radius 1 is 1.16 bits per heavy atom. The van der Waals surface area contributed by atoms with Crippen LogP contribution in [0.15, 0.2) is 59.3 Å². The van der Waals surface area contributed by atoms with Crippen molar-refractivity contribution in [3.8, 4) is 16.9 Å². The first-order valence-corrected chi connectivity index (χ1v) is 15.4. The fraction of sp³-hybridized carbons (Fsp3) is 0.303. The average Bonchev–Trinajstić information content (AvgIpc) is 2.97. The maximum absolute atomic E-state index is 15.6. The van der Waals surface area contributed by atoms with Gasteiger partial charge in [-0.2, -0.15) is 4.98 Å². The van der Waals surface area contributed by atoms with E-state index in [1.807, 2.05) is 73.4 Å². The molecule has 1 fully saturated rings. The quantitative estimate of drug-likeness (QED) is 0.236. The summed E-state index contributed by atoms with van der Waals surface area (Å²) in [6.07, 6.45) is 4.91. The van der Waals surface area contributed by atoms with E-state index >= 15 is 4.39 Å². The van der Waals surface area contributed by atoms with Gasteiger partial charge in [0, 0.05) is 36.9 Å². The molecule has 0 bridgehead atoms. The van der Waals surface area contributed by atoms with Crippen LogP contribution in [0.2, 0.25) is 5.02 Å². The number of pyridine rings is 2. The Morgan fingerprint density at radius 3 is 2.47 bits per heavy atom. The molecule has 0 spiro atoms. The number of hydrogen-bond acceptors (Lipinski definition) is 6. The molecule has 5 rings (SSSR count). The molecule has 45 heavy (non-hydrogen) atoms. The van der Waals surface area contributed by atoms with Crippen molar-refractivity contribution in [3.63, 3.8) is 0 Å². The second-order valence-electron chi connectivity index (χ2n) is 12.2. The highest BCUT2D eigenvalue weighted by Gasteiger charge is 2.34. The van der Waals surface area contributed by atoms with Crippen molar-refractivity contribution in [3.05, 3.63) is 92.7 Å². The van der Waals surface area contributed by atoms with Crippen LogP contribution >= 0.6 is 11.6 Å². The zero-order valence-electron chi connectivity index (χ0n) is 26.7. The van der Waals surface area contributed by atoms with Gasteiger partial charge >= 0.3 is 5.69 Å². The number of halogens is 2. The fourth-order valence-corrected chi connectivity index (χ4v) is 6.48. The first kappa shape index (κ1) is 32.2. The lowest BCUT2D eigenvalue weighted by molar-refractivity contribution is -0.127. The van der Waals surface area contributed by atoms with Gasteiger partial charge in [0.1, 0.15) is 27.3 Å². The van der Waals surface area contributed by atoms with Gasteiger partial charge in [-0.05, 0) is 62.1 Å². The van der Waals surface area contributed by atoms with Crippen molar-refractivity contribution in [2.75, 3.05) is 18.0 Å². The first-order valence-electron chi connectivity index (χ1n) is 15.1. The normalized spacial score (nSPS) is 16.7. The topological polar surface area (TPSA) is 84.2 Å². The van der Waals surface area contributed by atoms with Crippen molar-refractivity contribution < 1.29 is 9.18 Å². The minimum absolute atomic E-state index is 0.0142. The van der Waals surface area contributed by atoms with E-state index in [1.54, 1.807) is 23.2 Å². The molecule has 1 amide bonds. The van der Waals surface area contributed by atoms with Crippen LogP contribution in [0.5, 0.6) is 0 Å². The lowest BCUT2D eigenvalue weighted by Gasteiger charge is -2.45. The third-order valence-corrected chi connectivity index (χ3v) is 8.39. The van der Waals surface area contributed by atoms with Crippen molar-refractivity contribution >= 4 is 56.1 Å². The molecule has 1 aliphatic rings. The molecular formula is C33H36B2ClFN6O2. The van der Waals surface area contributed by atoms with E-state index in [-0.39, 0.29) is 45.8 Å². The highest BCUT2D eigenvalue weighted by Crippen LogP contribution is 2.38. The summed E-state index contributed by atoms with van der Waals surface area (Å²) in [5, 5.41) is 1.73. The van der Waals surface area contributed by atoms with Gasteiger partial charge < -0.3 is 9.80 Å².